The second kappa shape index (κ2) is 13.4. The minimum absolute atomic E-state index is 0. The summed E-state index contributed by atoms with van der Waals surface area (Å²) in [6.45, 7) is 0. The molecule has 1 aliphatic rings. The number of carbonyl (C=O) groups excluding carboxylic acids is 2. The molecule has 0 radical (unpaired) electrons. The van der Waals surface area contributed by atoms with Crippen LogP contribution in [0.15, 0.2) is 0 Å². The number of carboxylic acids is 2. The molecule has 1 aliphatic heterocycles. The smallest absolute Gasteiger partial charge is 0.550 e. The third-order valence-electron chi connectivity index (χ3n) is 2.18. The van der Waals surface area contributed by atoms with E-state index in [2.05, 4.69) is 0 Å². The van der Waals surface area contributed by atoms with Gasteiger partial charge in [-0.25, -0.2) is 0 Å². The SMILES string of the molecule is O=C([O-])CCCC1OOC(CCCC(=O)[O-])OO1.[Na+].[Na+]. The van der Waals surface area contributed by atoms with Crippen molar-refractivity contribution in [3.05, 3.63) is 0 Å². The van der Waals surface area contributed by atoms with Gasteiger partial charge in [-0.3, -0.25) is 0 Å². The Bertz CT molecular complexity index is 252. The Balaban J connectivity index is 0. The largest absolute Gasteiger partial charge is 1.00 e. The molecule has 104 valence electrons. The van der Waals surface area contributed by atoms with E-state index in [-0.39, 0.29) is 72.0 Å². The monoisotopic (exact) mass is 308 g/mol. The van der Waals surface area contributed by atoms with E-state index in [4.69, 9.17) is 19.6 Å². The van der Waals surface area contributed by atoms with Crippen LogP contribution in [0.4, 0.5) is 0 Å². The van der Waals surface area contributed by atoms with Crippen LogP contribution in [0.25, 0.3) is 0 Å². The van der Waals surface area contributed by atoms with E-state index in [0.29, 0.717) is 25.7 Å². The molecule has 0 spiro atoms. The molecule has 0 aromatic carbocycles. The van der Waals surface area contributed by atoms with Crippen molar-refractivity contribution in [2.24, 2.45) is 0 Å². The van der Waals surface area contributed by atoms with Gasteiger partial charge in [-0.05, 0) is 25.7 Å². The molecule has 1 saturated heterocycles. The number of aliphatic carboxylic acids is 2. The summed E-state index contributed by atoms with van der Waals surface area (Å²) in [5.41, 5.74) is 0. The zero-order valence-corrected chi connectivity index (χ0v) is 15.7. The maximum Gasteiger partial charge on any atom is 1.00 e. The number of hydrogen-bond acceptors (Lipinski definition) is 8. The van der Waals surface area contributed by atoms with Gasteiger partial charge in [-0.15, -0.1) is 0 Å². The van der Waals surface area contributed by atoms with Crippen molar-refractivity contribution in [1.82, 2.24) is 0 Å². The summed E-state index contributed by atoms with van der Waals surface area (Å²) in [6.07, 6.45) is -0.566. The van der Waals surface area contributed by atoms with Crippen molar-refractivity contribution in [3.63, 3.8) is 0 Å². The van der Waals surface area contributed by atoms with Gasteiger partial charge in [0.25, 0.3) is 0 Å². The van der Waals surface area contributed by atoms with Crippen LogP contribution in [0.2, 0.25) is 0 Å². The van der Waals surface area contributed by atoms with Gasteiger partial charge >= 0.3 is 59.1 Å². The van der Waals surface area contributed by atoms with Crippen molar-refractivity contribution in [1.29, 1.82) is 0 Å². The van der Waals surface area contributed by atoms with E-state index < -0.39 is 24.5 Å². The summed E-state index contributed by atoms with van der Waals surface area (Å²) < 4.78 is 0. The van der Waals surface area contributed by atoms with Gasteiger partial charge in [0.15, 0.2) is 0 Å². The molecule has 0 aromatic rings. The molecule has 8 nitrogen and oxygen atoms in total. The van der Waals surface area contributed by atoms with Gasteiger partial charge in [-0.2, -0.15) is 19.6 Å². The number of carbonyl (C=O) groups is 2. The van der Waals surface area contributed by atoms with Crippen molar-refractivity contribution < 1.29 is 98.5 Å². The van der Waals surface area contributed by atoms with Crippen LogP contribution in [-0.2, 0) is 29.1 Å². The van der Waals surface area contributed by atoms with Gasteiger partial charge < -0.3 is 19.8 Å². The maximum atomic E-state index is 10.2. The summed E-state index contributed by atoms with van der Waals surface area (Å²) in [7, 11) is 0. The molecular weight excluding hydrogens is 294 g/mol. The predicted molar refractivity (Wildman–Crippen MR) is 49.6 cm³/mol. The van der Waals surface area contributed by atoms with Crippen LogP contribution in [0.5, 0.6) is 0 Å². The Morgan fingerprint density at radius 3 is 1.30 bits per heavy atom. The zero-order chi connectivity index (χ0) is 13.4. The first-order valence-electron chi connectivity index (χ1n) is 5.62. The van der Waals surface area contributed by atoms with E-state index in [1.807, 2.05) is 0 Å². The zero-order valence-electron chi connectivity index (χ0n) is 11.7. The summed E-state index contributed by atoms with van der Waals surface area (Å²) in [5.74, 6) is -2.29. The Kier molecular flexibility index (Phi) is 15.5. The van der Waals surface area contributed by atoms with Crippen molar-refractivity contribution in [2.75, 3.05) is 0 Å². The van der Waals surface area contributed by atoms with Gasteiger partial charge in [-0.1, -0.05) is 0 Å². The van der Waals surface area contributed by atoms with Gasteiger partial charge in [0.2, 0.25) is 12.6 Å². The maximum absolute atomic E-state index is 10.2. The van der Waals surface area contributed by atoms with Crippen molar-refractivity contribution >= 4 is 11.9 Å². The molecule has 10 heteroatoms. The molecule has 1 fully saturated rings. The van der Waals surface area contributed by atoms with Crippen LogP contribution >= 0.6 is 0 Å². The topological polar surface area (TPSA) is 117 Å². The normalized spacial score (nSPS) is 21.4. The molecule has 0 amide bonds. The minimum Gasteiger partial charge on any atom is -0.550 e. The van der Waals surface area contributed by atoms with Gasteiger partial charge in [0.05, 0.1) is 0 Å². The fraction of sp³-hybridized carbons (Fsp3) is 0.800. The molecule has 20 heavy (non-hydrogen) atoms. The van der Waals surface area contributed by atoms with E-state index in [1.165, 1.54) is 0 Å². The third kappa shape index (κ3) is 11.4. The molecule has 0 aromatic heterocycles. The first kappa shape index (κ1) is 23.1. The molecule has 0 saturated carbocycles. The van der Waals surface area contributed by atoms with Gasteiger partial charge in [0.1, 0.15) is 0 Å². The van der Waals surface area contributed by atoms with Crippen LogP contribution in [0.1, 0.15) is 38.5 Å². The number of rotatable bonds is 8. The Morgan fingerprint density at radius 2 is 1.05 bits per heavy atom. The molecule has 0 N–H and O–H groups in total. The summed E-state index contributed by atoms with van der Waals surface area (Å²) >= 11 is 0. The van der Waals surface area contributed by atoms with Crippen molar-refractivity contribution in [3.8, 4) is 0 Å². The second-order valence-electron chi connectivity index (χ2n) is 3.77. The quantitative estimate of drug-likeness (QED) is 0.320. The fourth-order valence-corrected chi connectivity index (χ4v) is 1.30. The van der Waals surface area contributed by atoms with E-state index in [1.54, 1.807) is 0 Å². The second-order valence-corrected chi connectivity index (χ2v) is 3.77. The van der Waals surface area contributed by atoms with Crippen LogP contribution in [-0.4, -0.2) is 24.5 Å². The fourth-order valence-electron chi connectivity index (χ4n) is 1.30. The van der Waals surface area contributed by atoms with Crippen LogP contribution < -0.4 is 69.3 Å². The summed E-state index contributed by atoms with van der Waals surface area (Å²) in [5, 5.41) is 20.3. The average molecular weight is 308 g/mol. The number of carboxylic acid groups (broad SMARTS) is 2. The van der Waals surface area contributed by atoms with E-state index >= 15 is 0 Å². The number of hydrogen-bond donors (Lipinski definition) is 0. The minimum atomic E-state index is -1.15. The first-order chi connectivity index (χ1) is 8.58. The standard InChI is InChI=1S/C10H16O8.2Na/c11-7(12)3-1-5-9-15-17-10(18-16-9)6-2-4-8(13)14;;/h9-10H,1-6H2,(H,11,12)(H,13,14);;/q;2*+1/p-2. The first-order valence-corrected chi connectivity index (χ1v) is 5.62. The Morgan fingerprint density at radius 1 is 0.750 bits per heavy atom. The van der Waals surface area contributed by atoms with E-state index in [0.717, 1.165) is 0 Å². The van der Waals surface area contributed by atoms with Crippen molar-refractivity contribution in [2.45, 2.75) is 51.1 Å². The molecule has 0 atom stereocenters. The van der Waals surface area contributed by atoms with Crippen LogP contribution in [0, 0.1) is 0 Å². The molecule has 0 unspecified atom stereocenters. The average Bonchev–Trinajstić information content (AvgIpc) is 2.30. The molecule has 0 aliphatic carbocycles. The van der Waals surface area contributed by atoms with E-state index in [9.17, 15) is 19.8 Å². The molecular formula is C10H14Na2O8. The molecule has 0 bridgehead atoms. The molecule has 1 rings (SSSR count). The Labute approximate surface area is 160 Å². The van der Waals surface area contributed by atoms with Gasteiger partial charge in [0, 0.05) is 24.8 Å². The third-order valence-corrected chi connectivity index (χ3v) is 2.18. The Hall–Kier alpha value is 0.780. The summed E-state index contributed by atoms with van der Waals surface area (Å²) in [6, 6.07) is 0. The van der Waals surface area contributed by atoms with Crippen LogP contribution in [0.3, 0.4) is 0 Å². The summed E-state index contributed by atoms with van der Waals surface area (Å²) in [4.78, 5) is 39.5. The predicted octanol–water partition coefficient (Wildman–Crippen LogP) is -7.60. The molecule has 1 heterocycles.